The summed E-state index contributed by atoms with van der Waals surface area (Å²) in [5.74, 6) is 0.677. The molecule has 0 aromatic carbocycles. The van der Waals surface area contributed by atoms with Crippen molar-refractivity contribution in [3.05, 3.63) is 22.2 Å². The predicted molar refractivity (Wildman–Crippen MR) is 72.1 cm³/mol. The fraction of sp³-hybridized carbons (Fsp3) is 0.583. The Labute approximate surface area is 111 Å². The van der Waals surface area contributed by atoms with E-state index in [0.29, 0.717) is 18.9 Å². The zero-order valence-corrected chi connectivity index (χ0v) is 11.3. The molecule has 1 aliphatic rings. The van der Waals surface area contributed by atoms with Gasteiger partial charge in [0.05, 0.1) is 28.8 Å². The second-order valence-corrected chi connectivity index (χ2v) is 5.43. The molecule has 7 heteroatoms. The number of nitro groups is 1. The first-order chi connectivity index (χ1) is 8.77. The molecule has 0 spiro atoms. The van der Waals surface area contributed by atoms with E-state index in [1.54, 1.807) is 0 Å². The van der Waals surface area contributed by atoms with Gasteiger partial charge >= 0.3 is 0 Å². The second-order valence-electron chi connectivity index (χ2n) is 5.43. The van der Waals surface area contributed by atoms with Gasteiger partial charge in [-0.25, -0.2) is 4.98 Å². The van der Waals surface area contributed by atoms with E-state index < -0.39 is 4.92 Å². The number of hydrogen-bond acceptors (Lipinski definition) is 6. The minimum Gasteiger partial charge on any atom is -0.383 e. The molecule has 2 heterocycles. The minimum absolute atomic E-state index is 0.0334. The number of anilines is 2. The molecule has 1 aliphatic heterocycles. The number of nitrogen functional groups attached to an aromatic ring is 1. The zero-order chi connectivity index (χ0) is 14.2. The maximum absolute atomic E-state index is 10.9. The highest BCUT2D eigenvalue weighted by Gasteiger charge is 2.32. The number of nitrogens with two attached hydrogens (primary N) is 1. The summed E-state index contributed by atoms with van der Waals surface area (Å²) in [4.78, 5) is 16.6. The average molecular weight is 266 g/mol. The quantitative estimate of drug-likeness (QED) is 0.645. The molecular weight excluding hydrogens is 248 g/mol. The number of morpholine rings is 1. The topological polar surface area (TPSA) is 94.5 Å². The molecule has 1 atom stereocenters. The van der Waals surface area contributed by atoms with Gasteiger partial charge in [-0.15, -0.1) is 0 Å². The highest BCUT2D eigenvalue weighted by atomic mass is 16.6. The lowest BCUT2D eigenvalue weighted by Gasteiger charge is -2.42. The van der Waals surface area contributed by atoms with Gasteiger partial charge in [0.25, 0.3) is 5.69 Å². The highest BCUT2D eigenvalue weighted by Crippen LogP contribution is 2.28. The number of aromatic nitrogens is 1. The molecular formula is C12H18N4O3. The summed E-state index contributed by atoms with van der Waals surface area (Å²) in [6, 6.07) is 2.71. The SMILES string of the molecule is CC1CN(c2cc([N+](=O)[O-])cc(N)n2)CC(C)(C)O1. The summed E-state index contributed by atoms with van der Waals surface area (Å²) < 4.78 is 5.80. The van der Waals surface area contributed by atoms with Gasteiger partial charge in [-0.2, -0.15) is 0 Å². The molecule has 0 aliphatic carbocycles. The van der Waals surface area contributed by atoms with Gasteiger partial charge in [0.15, 0.2) is 0 Å². The van der Waals surface area contributed by atoms with Crippen LogP contribution in [0.3, 0.4) is 0 Å². The molecule has 0 radical (unpaired) electrons. The summed E-state index contributed by atoms with van der Waals surface area (Å²) in [7, 11) is 0. The number of pyridine rings is 1. The molecule has 19 heavy (non-hydrogen) atoms. The molecule has 0 saturated carbocycles. The Kier molecular flexibility index (Phi) is 3.32. The summed E-state index contributed by atoms with van der Waals surface area (Å²) in [6.45, 7) is 7.18. The van der Waals surface area contributed by atoms with Gasteiger partial charge < -0.3 is 15.4 Å². The van der Waals surface area contributed by atoms with E-state index in [1.807, 2.05) is 25.7 Å². The van der Waals surface area contributed by atoms with Gasteiger partial charge in [-0.05, 0) is 20.8 Å². The maximum atomic E-state index is 10.9. The average Bonchev–Trinajstić information content (AvgIpc) is 2.25. The summed E-state index contributed by atoms with van der Waals surface area (Å²) in [5.41, 5.74) is 5.27. The molecule has 1 aromatic heterocycles. The van der Waals surface area contributed by atoms with Crippen molar-refractivity contribution in [1.82, 2.24) is 4.98 Å². The van der Waals surface area contributed by atoms with Crippen LogP contribution in [0.15, 0.2) is 12.1 Å². The Balaban J connectivity index is 2.33. The smallest absolute Gasteiger partial charge is 0.276 e. The Morgan fingerprint density at radius 3 is 2.84 bits per heavy atom. The second kappa shape index (κ2) is 4.65. The zero-order valence-electron chi connectivity index (χ0n) is 11.3. The molecule has 0 amide bonds. The van der Waals surface area contributed by atoms with Crippen LogP contribution in [-0.4, -0.2) is 34.7 Å². The molecule has 2 N–H and O–H groups in total. The molecule has 2 rings (SSSR count). The van der Waals surface area contributed by atoms with E-state index in [1.165, 1.54) is 12.1 Å². The molecule has 1 aromatic rings. The van der Waals surface area contributed by atoms with Crippen molar-refractivity contribution < 1.29 is 9.66 Å². The summed E-state index contributed by atoms with van der Waals surface area (Å²) in [6.07, 6.45) is 0.0334. The van der Waals surface area contributed by atoms with Crippen LogP contribution in [0.4, 0.5) is 17.3 Å². The molecule has 7 nitrogen and oxygen atoms in total. The molecule has 104 valence electrons. The lowest BCUT2D eigenvalue weighted by Crippen LogP contribution is -2.52. The van der Waals surface area contributed by atoms with E-state index in [4.69, 9.17) is 10.5 Å². The van der Waals surface area contributed by atoms with Crippen LogP contribution < -0.4 is 10.6 Å². The number of nitrogens with zero attached hydrogens (tertiary/aromatic N) is 3. The van der Waals surface area contributed by atoms with Gasteiger partial charge in [0, 0.05) is 13.1 Å². The van der Waals surface area contributed by atoms with Gasteiger partial charge in [-0.3, -0.25) is 10.1 Å². The first-order valence-corrected chi connectivity index (χ1v) is 6.11. The first kappa shape index (κ1) is 13.5. The van der Waals surface area contributed by atoms with E-state index >= 15 is 0 Å². The van der Waals surface area contributed by atoms with Crippen molar-refractivity contribution in [2.45, 2.75) is 32.5 Å². The Morgan fingerprint density at radius 2 is 2.26 bits per heavy atom. The normalized spacial score (nSPS) is 22.3. The van der Waals surface area contributed by atoms with Crippen LogP contribution in [0.25, 0.3) is 0 Å². The third-order valence-electron chi connectivity index (χ3n) is 2.92. The monoisotopic (exact) mass is 266 g/mol. The highest BCUT2D eigenvalue weighted by molar-refractivity contribution is 5.54. The first-order valence-electron chi connectivity index (χ1n) is 6.11. The molecule has 1 fully saturated rings. The van der Waals surface area contributed by atoms with E-state index in [2.05, 4.69) is 4.98 Å². The van der Waals surface area contributed by atoms with Crippen molar-refractivity contribution in [1.29, 1.82) is 0 Å². The predicted octanol–water partition coefficient (Wildman–Crippen LogP) is 1.58. The third-order valence-corrected chi connectivity index (χ3v) is 2.92. The van der Waals surface area contributed by atoms with Gasteiger partial charge in [-0.1, -0.05) is 0 Å². The fourth-order valence-electron chi connectivity index (χ4n) is 2.42. The lowest BCUT2D eigenvalue weighted by atomic mass is 10.1. The van der Waals surface area contributed by atoms with E-state index in [9.17, 15) is 10.1 Å². The number of hydrogen-bond donors (Lipinski definition) is 1. The largest absolute Gasteiger partial charge is 0.383 e. The minimum atomic E-state index is -0.462. The van der Waals surface area contributed by atoms with Crippen molar-refractivity contribution in [3.8, 4) is 0 Å². The van der Waals surface area contributed by atoms with Crippen molar-refractivity contribution in [2.75, 3.05) is 23.7 Å². The Bertz CT molecular complexity index is 504. The lowest BCUT2D eigenvalue weighted by molar-refractivity contribution is -0.384. The van der Waals surface area contributed by atoms with Gasteiger partial charge in [0.1, 0.15) is 11.6 Å². The Hall–Kier alpha value is -1.89. The standard InChI is InChI=1S/C12H18N4O3/c1-8-6-15(7-12(2,3)19-8)11-5-9(16(17)18)4-10(13)14-11/h4-5,8H,6-7H2,1-3H3,(H2,13,14). The molecule has 1 saturated heterocycles. The van der Waals surface area contributed by atoms with Crippen LogP contribution in [0, 0.1) is 10.1 Å². The van der Waals surface area contributed by atoms with Crippen LogP contribution >= 0.6 is 0 Å². The molecule has 1 unspecified atom stereocenters. The van der Waals surface area contributed by atoms with Crippen molar-refractivity contribution in [3.63, 3.8) is 0 Å². The maximum Gasteiger partial charge on any atom is 0.276 e. The Morgan fingerprint density at radius 1 is 1.58 bits per heavy atom. The van der Waals surface area contributed by atoms with Crippen LogP contribution in [0.2, 0.25) is 0 Å². The van der Waals surface area contributed by atoms with Crippen molar-refractivity contribution >= 4 is 17.3 Å². The van der Waals surface area contributed by atoms with Crippen LogP contribution in [-0.2, 0) is 4.74 Å². The van der Waals surface area contributed by atoms with E-state index in [0.717, 1.165) is 0 Å². The van der Waals surface area contributed by atoms with Gasteiger partial charge in [0.2, 0.25) is 0 Å². The fourth-order valence-corrected chi connectivity index (χ4v) is 2.42. The third kappa shape index (κ3) is 3.11. The van der Waals surface area contributed by atoms with Crippen LogP contribution in [0.1, 0.15) is 20.8 Å². The summed E-state index contributed by atoms with van der Waals surface area (Å²) in [5, 5.41) is 10.9. The summed E-state index contributed by atoms with van der Waals surface area (Å²) >= 11 is 0. The molecule has 0 bridgehead atoms. The number of ether oxygens (including phenoxy) is 1. The number of rotatable bonds is 2. The van der Waals surface area contributed by atoms with E-state index in [-0.39, 0.29) is 23.2 Å². The van der Waals surface area contributed by atoms with Crippen LogP contribution in [0.5, 0.6) is 0 Å². The van der Waals surface area contributed by atoms with Crippen molar-refractivity contribution in [2.24, 2.45) is 0 Å².